The number of hydrogen-bond acceptors (Lipinski definition) is 3. The van der Waals surface area contributed by atoms with Crippen LogP contribution < -0.4 is 4.74 Å². The van der Waals surface area contributed by atoms with Crippen molar-refractivity contribution in [3.05, 3.63) is 29.8 Å². The third-order valence-electron chi connectivity index (χ3n) is 2.85. The topological polar surface area (TPSA) is 49.8 Å². The van der Waals surface area contributed by atoms with E-state index in [-0.39, 0.29) is 6.42 Å². The van der Waals surface area contributed by atoms with Crippen LogP contribution in [0, 0.1) is 6.92 Å². The van der Waals surface area contributed by atoms with Crippen molar-refractivity contribution < 1.29 is 14.6 Å². The SMILES string of the molecule is CCN(CCOc1ccccc1C)CCC(=O)O. The largest absolute Gasteiger partial charge is 0.492 e. The molecular weight excluding hydrogens is 230 g/mol. The van der Waals surface area contributed by atoms with Crippen LogP contribution in [-0.4, -0.2) is 42.2 Å². The number of likely N-dealkylation sites (N-methyl/N-ethyl adjacent to an activating group) is 1. The molecule has 0 saturated carbocycles. The van der Waals surface area contributed by atoms with Crippen molar-refractivity contribution in [3.63, 3.8) is 0 Å². The van der Waals surface area contributed by atoms with E-state index in [2.05, 4.69) is 4.90 Å². The smallest absolute Gasteiger partial charge is 0.304 e. The highest BCUT2D eigenvalue weighted by Crippen LogP contribution is 2.15. The van der Waals surface area contributed by atoms with Gasteiger partial charge in [-0.05, 0) is 25.1 Å². The molecule has 0 aliphatic heterocycles. The van der Waals surface area contributed by atoms with E-state index in [9.17, 15) is 4.79 Å². The maximum Gasteiger partial charge on any atom is 0.304 e. The van der Waals surface area contributed by atoms with E-state index in [0.29, 0.717) is 13.2 Å². The van der Waals surface area contributed by atoms with Crippen molar-refractivity contribution in [2.24, 2.45) is 0 Å². The second kappa shape index (κ2) is 7.71. The summed E-state index contributed by atoms with van der Waals surface area (Å²) in [6.07, 6.45) is 0.179. The number of aryl methyl sites for hydroxylation is 1. The van der Waals surface area contributed by atoms with Gasteiger partial charge >= 0.3 is 5.97 Å². The molecule has 0 heterocycles. The minimum Gasteiger partial charge on any atom is -0.492 e. The van der Waals surface area contributed by atoms with E-state index >= 15 is 0 Å². The lowest BCUT2D eigenvalue weighted by Gasteiger charge is -2.19. The van der Waals surface area contributed by atoms with E-state index < -0.39 is 5.97 Å². The molecule has 1 N–H and O–H groups in total. The molecule has 0 unspecified atom stereocenters. The van der Waals surface area contributed by atoms with Crippen molar-refractivity contribution in [2.75, 3.05) is 26.2 Å². The van der Waals surface area contributed by atoms with Gasteiger partial charge in [0.15, 0.2) is 0 Å². The van der Waals surface area contributed by atoms with E-state index in [1.165, 1.54) is 0 Å². The number of carbonyl (C=O) groups is 1. The first-order chi connectivity index (χ1) is 8.63. The fraction of sp³-hybridized carbons (Fsp3) is 0.500. The summed E-state index contributed by atoms with van der Waals surface area (Å²) >= 11 is 0. The average Bonchev–Trinajstić information content (AvgIpc) is 2.35. The minimum atomic E-state index is -0.756. The van der Waals surface area contributed by atoms with Gasteiger partial charge in [0.1, 0.15) is 12.4 Å². The third-order valence-corrected chi connectivity index (χ3v) is 2.85. The number of nitrogens with zero attached hydrogens (tertiary/aromatic N) is 1. The number of aliphatic carboxylic acids is 1. The Kier molecular flexibility index (Phi) is 6.22. The van der Waals surface area contributed by atoms with Gasteiger partial charge in [-0.2, -0.15) is 0 Å². The first kappa shape index (κ1) is 14.5. The van der Waals surface area contributed by atoms with Gasteiger partial charge in [-0.1, -0.05) is 25.1 Å². The van der Waals surface area contributed by atoms with Crippen molar-refractivity contribution in [2.45, 2.75) is 20.3 Å². The highest BCUT2D eigenvalue weighted by Gasteiger charge is 2.06. The molecule has 1 aromatic rings. The molecule has 1 rings (SSSR count). The summed E-state index contributed by atoms with van der Waals surface area (Å²) in [7, 11) is 0. The predicted molar refractivity (Wildman–Crippen MR) is 71.0 cm³/mol. The summed E-state index contributed by atoms with van der Waals surface area (Å²) < 4.78 is 5.69. The van der Waals surface area contributed by atoms with Gasteiger partial charge in [0, 0.05) is 13.1 Å². The van der Waals surface area contributed by atoms with Crippen molar-refractivity contribution in [1.82, 2.24) is 4.90 Å². The van der Waals surface area contributed by atoms with Crippen LogP contribution in [0.4, 0.5) is 0 Å². The number of carboxylic acid groups (broad SMARTS) is 1. The van der Waals surface area contributed by atoms with E-state index in [0.717, 1.165) is 24.4 Å². The minimum absolute atomic E-state index is 0.179. The summed E-state index contributed by atoms with van der Waals surface area (Å²) in [5.74, 6) is 0.139. The first-order valence-corrected chi connectivity index (χ1v) is 6.26. The van der Waals surface area contributed by atoms with Gasteiger partial charge in [-0.15, -0.1) is 0 Å². The van der Waals surface area contributed by atoms with Gasteiger partial charge in [0.05, 0.1) is 6.42 Å². The molecule has 0 radical (unpaired) electrons. The van der Waals surface area contributed by atoms with E-state index in [4.69, 9.17) is 9.84 Å². The monoisotopic (exact) mass is 251 g/mol. The quantitative estimate of drug-likeness (QED) is 0.769. The fourth-order valence-electron chi connectivity index (χ4n) is 1.68. The number of carboxylic acids is 1. The summed E-state index contributed by atoms with van der Waals surface area (Å²) in [6.45, 7) is 6.77. The van der Waals surface area contributed by atoms with Gasteiger partial charge in [-0.3, -0.25) is 9.69 Å². The second-order valence-corrected chi connectivity index (χ2v) is 4.19. The number of para-hydroxylation sites is 1. The Morgan fingerprint density at radius 1 is 1.33 bits per heavy atom. The molecule has 0 aliphatic carbocycles. The molecule has 0 aliphatic rings. The van der Waals surface area contributed by atoms with Crippen LogP contribution in [0.25, 0.3) is 0 Å². The zero-order valence-corrected chi connectivity index (χ0v) is 11.1. The van der Waals surface area contributed by atoms with Crippen molar-refractivity contribution >= 4 is 5.97 Å². The van der Waals surface area contributed by atoms with E-state index in [1.807, 2.05) is 38.1 Å². The standard InChI is InChI=1S/C14H21NO3/c1-3-15(9-8-14(16)17)10-11-18-13-7-5-4-6-12(13)2/h4-7H,3,8-11H2,1-2H3,(H,16,17). The van der Waals surface area contributed by atoms with Gasteiger partial charge in [0.2, 0.25) is 0 Å². The summed E-state index contributed by atoms with van der Waals surface area (Å²) in [4.78, 5) is 12.6. The number of rotatable bonds is 8. The van der Waals surface area contributed by atoms with E-state index in [1.54, 1.807) is 0 Å². The molecule has 18 heavy (non-hydrogen) atoms. The Morgan fingerprint density at radius 2 is 2.06 bits per heavy atom. The zero-order chi connectivity index (χ0) is 13.4. The number of hydrogen-bond donors (Lipinski definition) is 1. The molecule has 0 saturated heterocycles. The Hall–Kier alpha value is -1.55. The lowest BCUT2D eigenvalue weighted by atomic mass is 10.2. The van der Waals surface area contributed by atoms with Crippen molar-refractivity contribution in [3.8, 4) is 5.75 Å². The van der Waals surface area contributed by atoms with Gasteiger partial charge < -0.3 is 9.84 Å². The summed E-state index contributed by atoms with van der Waals surface area (Å²) in [5, 5.41) is 8.64. The Balaban J connectivity index is 2.31. The highest BCUT2D eigenvalue weighted by atomic mass is 16.5. The Morgan fingerprint density at radius 3 is 2.67 bits per heavy atom. The molecule has 0 amide bonds. The van der Waals surface area contributed by atoms with Crippen LogP contribution in [0.2, 0.25) is 0 Å². The summed E-state index contributed by atoms with van der Waals surface area (Å²) in [5.41, 5.74) is 1.12. The molecule has 4 nitrogen and oxygen atoms in total. The van der Waals surface area contributed by atoms with Gasteiger partial charge in [0.25, 0.3) is 0 Å². The Bertz CT molecular complexity index is 379. The zero-order valence-electron chi connectivity index (χ0n) is 11.1. The fourth-order valence-corrected chi connectivity index (χ4v) is 1.68. The lowest BCUT2D eigenvalue weighted by molar-refractivity contribution is -0.137. The maximum atomic E-state index is 10.5. The maximum absolute atomic E-state index is 10.5. The molecule has 0 bridgehead atoms. The Labute approximate surface area is 108 Å². The van der Waals surface area contributed by atoms with Crippen LogP contribution in [-0.2, 0) is 4.79 Å². The average molecular weight is 251 g/mol. The van der Waals surface area contributed by atoms with Crippen LogP contribution in [0.15, 0.2) is 24.3 Å². The molecule has 100 valence electrons. The van der Waals surface area contributed by atoms with Crippen LogP contribution in [0.3, 0.4) is 0 Å². The third kappa shape index (κ3) is 5.19. The van der Waals surface area contributed by atoms with Crippen molar-refractivity contribution in [1.29, 1.82) is 0 Å². The normalized spacial score (nSPS) is 10.6. The second-order valence-electron chi connectivity index (χ2n) is 4.19. The summed E-state index contributed by atoms with van der Waals surface area (Å²) in [6, 6.07) is 7.89. The highest BCUT2D eigenvalue weighted by molar-refractivity contribution is 5.66. The molecule has 0 fully saturated rings. The van der Waals surface area contributed by atoms with Crippen LogP contribution in [0.1, 0.15) is 18.9 Å². The predicted octanol–water partition coefficient (Wildman–Crippen LogP) is 2.17. The van der Waals surface area contributed by atoms with Gasteiger partial charge in [-0.25, -0.2) is 0 Å². The first-order valence-electron chi connectivity index (χ1n) is 6.26. The molecule has 1 aromatic carbocycles. The molecule has 0 spiro atoms. The van der Waals surface area contributed by atoms with Crippen LogP contribution >= 0.6 is 0 Å². The van der Waals surface area contributed by atoms with Crippen LogP contribution in [0.5, 0.6) is 5.75 Å². The molecule has 4 heteroatoms. The molecule has 0 aromatic heterocycles. The number of ether oxygens (including phenoxy) is 1. The molecule has 0 atom stereocenters. The lowest BCUT2D eigenvalue weighted by Crippen LogP contribution is -2.30. The number of benzene rings is 1. The molecular formula is C14H21NO3.